The summed E-state index contributed by atoms with van der Waals surface area (Å²) in [5.41, 5.74) is 1.77. The standard InChI is InChI=1S/C15H21NO3/c1-10-3-6-14(13(7-10)11(2)17)19-9-15(18)16-8-12-4-5-12/h3,6-7,11-12,17H,4-5,8-9H2,1-2H3,(H,16,18)/t11-/m0/s1. The van der Waals surface area contributed by atoms with Crippen LogP contribution in [0.3, 0.4) is 0 Å². The van der Waals surface area contributed by atoms with Gasteiger partial charge in [0.05, 0.1) is 6.10 Å². The Labute approximate surface area is 113 Å². The summed E-state index contributed by atoms with van der Waals surface area (Å²) in [4.78, 5) is 11.6. The molecule has 2 rings (SSSR count). The number of hydrogen-bond donors (Lipinski definition) is 2. The van der Waals surface area contributed by atoms with Crippen LogP contribution in [0.25, 0.3) is 0 Å². The minimum Gasteiger partial charge on any atom is -0.483 e. The molecule has 0 bridgehead atoms. The molecule has 0 unspecified atom stereocenters. The van der Waals surface area contributed by atoms with Gasteiger partial charge in [-0.3, -0.25) is 4.79 Å². The smallest absolute Gasteiger partial charge is 0.257 e. The zero-order chi connectivity index (χ0) is 13.8. The molecule has 1 amide bonds. The van der Waals surface area contributed by atoms with E-state index in [0.717, 1.165) is 17.7 Å². The van der Waals surface area contributed by atoms with Crippen molar-refractivity contribution in [3.05, 3.63) is 29.3 Å². The molecule has 4 nitrogen and oxygen atoms in total. The van der Waals surface area contributed by atoms with Crippen molar-refractivity contribution in [3.63, 3.8) is 0 Å². The Morgan fingerprint density at radius 2 is 2.26 bits per heavy atom. The fraction of sp³-hybridized carbons (Fsp3) is 0.533. The fourth-order valence-electron chi connectivity index (χ4n) is 1.90. The first-order chi connectivity index (χ1) is 9.06. The first-order valence-electron chi connectivity index (χ1n) is 6.74. The molecule has 1 fully saturated rings. The molecule has 1 aliphatic rings. The van der Waals surface area contributed by atoms with E-state index in [1.165, 1.54) is 12.8 Å². The Morgan fingerprint density at radius 3 is 2.89 bits per heavy atom. The lowest BCUT2D eigenvalue weighted by atomic mass is 10.1. The second kappa shape index (κ2) is 6.06. The highest BCUT2D eigenvalue weighted by Crippen LogP contribution is 2.28. The van der Waals surface area contributed by atoms with Crippen LogP contribution in [0, 0.1) is 12.8 Å². The predicted molar refractivity (Wildman–Crippen MR) is 73.0 cm³/mol. The molecule has 1 saturated carbocycles. The van der Waals surface area contributed by atoms with Crippen LogP contribution in [0.2, 0.25) is 0 Å². The minimum atomic E-state index is -0.607. The van der Waals surface area contributed by atoms with Gasteiger partial charge in [-0.25, -0.2) is 0 Å². The topological polar surface area (TPSA) is 58.6 Å². The second-order valence-corrected chi connectivity index (χ2v) is 5.25. The van der Waals surface area contributed by atoms with Crippen molar-refractivity contribution in [1.29, 1.82) is 0 Å². The molecule has 0 spiro atoms. The molecule has 1 aromatic rings. The lowest BCUT2D eigenvalue weighted by molar-refractivity contribution is -0.123. The molecule has 0 heterocycles. The van der Waals surface area contributed by atoms with Crippen LogP contribution in [-0.2, 0) is 4.79 Å². The highest BCUT2D eigenvalue weighted by Gasteiger charge is 2.21. The summed E-state index contributed by atoms with van der Waals surface area (Å²) in [6, 6.07) is 5.58. The van der Waals surface area contributed by atoms with E-state index < -0.39 is 6.10 Å². The van der Waals surface area contributed by atoms with Crippen LogP contribution in [0.4, 0.5) is 0 Å². The summed E-state index contributed by atoms with van der Waals surface area (Å²) in [6.07, 6.45) is 1.82. The first kappa shape index (κ1) is 13.9. The molecule has 1 atom stereocenters. The van der Waals surface area contributed by atoms with E-state index in [4.69, 9.17) is 4.74 Å². The number of rotatable bonds is 6. The van der Waals surface area contributed by atoms with Gasteiger partial charge in [-0.1, -0.05) is 11.6 Å². The molecule has 1 aliphatic carbocycles. The SMILES string of the molecule is Cc1ccc(OCC(=O)NCC2CC2)c([C@H](C)O)c1. The van der Waals surface area contributed by atoms with Gasteiger partial charge in [-0.15, -0.1) is 0 Å². The van der Waals surface area contributed by atoms with Crippen LogP contribution in [0.15, 0.2) is 18.2 Å². The van der Waals surface area contributed by atoms with Gasteiger partial charge >= 0.3 is 0 Å². The number of carbonyl (C=O) groups excluding carboxylic acids is 1. The van der Waals surface area contributed by atoms with Crippen molar-refractivity contribution in [3.8, 4) is 5.75 Å². The number of aliphatic hydroxyl groups is 1. The van der Waals surface area contributed by atoms with E-state index in [1.807, 2.05) is 19.1 Å². The molecule has 19 heavy (non-hydrogen) atoms. The van der Waals surface area contributed by atoms with E-state index in [9.17, 15) is 9.90 Å². The number of hydrogen-bond acceptors (Lipinski definition) is 3. The number of benzene rings is 1. The van der Waals surface area contributed by atoms with Crippen molar-refractivity contribution in [2.75, 3.05) is 13.2 Å². The number of aliphatic hydroxyl groups excluding tert-OH is 1. The maximum Gasteiger partial charge on any atom is 0.257 e. The summed E-state index contributed by atoms with van der Waals surface area (Å²) in [7, 11) is 0. The third-order valence-electron chi connectivity index (χ3n) is 3.26. The van der Waals surface area contributed by atoms with Gasteiger partial charge in [0, 0.05) is 12.1 Å². The lowest BCUT2D eigenvalue weighted by Gasteiger charge is -2.14. The van der Waals surface area contributed by atoms with Gasteiger partial charge in [-0.05, 0) is 44.7 Å². The van der Waals surface area contributed by atoms with E-state index in [2.05, 4.69) is 5.32 Å². The van der Waals surface area contributed by atoms with E-state index in [1.54, 1.807) is 13.0 Å². The van der Waals surface area contributed by atoms with Crippen LogP contribution in [-0.4, -0.2) is 24.2 Å². The minimum absolute atomic E-state index is 0.00446. The van der Waals surface area contributed by atoms with Crippen LogP contribution >= 0.6 is 0 Å². The molecule has 2 N–H and O–H groups in total. The molecular formula is C15H21NO3. The normalized spacial score (nSPS) is 15.9. The summed E-state index contributed by atoms with van der Waals surface area (Å²) in [6.45, 7) is 4.39. The number of amides is 1. The zero-order valence-corrected chi connectivity index (χ0v) is 11.5. The maximum absolute atomic E-state index is 11.6. The Hall–Kier alpha value is -1.55. The average molecular weight is 263 g/mol. The maximum atomic E-state index is 11.6. The Morgan fingerprint density at radius 1 is 1.53 bits per heavy atom. The van der Waals surface area contributed by atoms with Crippen molar-refractivity contribution in [1.82, 2.24) is 5.32 Å². The second-order valence-electron chi connectivity index (χ2n) is 5.25. The molecule has 4 heteroatoms. The largest absolute Gasteiger partial charge is 0.483 e. The predicted octanol–water partition coefficient (Wildman–Crippen LogP) is 1.95. The first-order valence-corrected chi connectivity index (χ1v) is 6.74. The molecule has 0 saturated heterocycles. The van der Waals surface area contributed by atoms with Gasteiger partial charge in [0.15, 0.2) is 6.61 Å². The van der Waals surface area contributed by atoms with E-state index >= 15 is 0 Å². The average Bonchev–Trinajstić information content (AvgIpc) is 3.18. The summed E-state index contributed by atoms with van der Waals surface area (Å²) in [5, 5.41) is 12.5. The van der Waals surface area contributed by atoms with Gasteiger partial charge in [0.1, 0.15) is 5.75 Å². The number of carbonyl (C=O) groups is 1. The van der Waals surface area contributed by atoms with E-state index in [0.29, 0.717) is 11.7 Å². The van der Waals surface area contributed by atoms with Crippen molar-refractivity contribution in [2.45, 2.75) is 32.8 Å². The highest BCUT2D eigenvalue weighted by molar-refractivity contribution is 5.77. The van der Waals surface area contributed by atoms with Gasteiger partial charge in [0.2, 0.25) is 0 Å². The summed E-state index contributed by atoms with van der Waals surface area (Å²) >= 11 is 0. The van der Waals surface area contributed by atoms with Crippen LogP contribution < -0.4 is 10.1 Å². The van der Waals surface area contributed by atoms with Crippen molar-refractivity contribution in [2.24, 2.45) is 5.92 Å². The molecule has 104 valence electrons. The summed E-state index contributed by atoms with van der Waals surface area (Å²) < 4.78 is 5.50. The molecule has 1 aromatic carbocycles. The molecule has 0 radical (unpaired) electrons. The van der Waals surface area contributed by atoms with Gasteiger partial charge in [0.25, 0.3) is 5.91 Å². The van der Waals surface area contributed by atoms with Crippen LogP contribution in [0.1, 0.15) is 37.0 Å². The zero-order valence-electron chi connectivity index (χ0n) is 11.5. The Bertz CT molecular complexity index is 453. The summed E-state index contributed by atoms with van der Waals surface area (Å²) in [5.74, 6) is 1.13. The molecule has 0 aromatic heterocycles. The van der Waals surface area contributed by atoms with Gasteiger partial charge < -0.3 is 15.2 Å². The Balaban J connectivity index is 1.88. The number of aryl methyl sites for hydroxylation is 1. The van der Waals surface area contributed by atoms with Crippen LogP contribution in [0.5, 0.6) is 5.75 Å². The Kier molecular flexibility index (Phi) is 4.43. The van der Waals surface area contributed by atoms with Crippen molar-refractivity contribution < 1.29 is 14.6 Å². The monoisotopic (exact) mass is 263 g/mol. The number of ether oxygens (including phenoxy) is 1. The molecule has 0 aliphatic heterocycles. The highest BCUT2D eigenvalue weighted by atomic mass is 16.5. The fourth-order valence-corrected chi connectivity index (χ4v) is 1.90. The van der Waals surface area contributed by atoms with Crippen molar-refractivity contribution >= 4 is 5.91 Å². The number of nitrogens with one attached hydrogen (secondary N) is 1. The van der Waals surface area contributed by atoms with E-state index in [-0.39, 0.29) is 12.5 Å². The third-order valence-corrected chi connectivity index (χ3v) is 3.26. The van der Waals surface area contributed by atoms with Gasteiger partial charge in [-0.2, -0.15) is 0 Å². The lowest BCUT2D eigenvalue weighted by Crippen LogP contribution is -2.30. The molecular weight excluding hydrogens is 242 g/mol. The quantitative estimate of drug-likeness (QED) is 0.824. The third kappa shape index (κ3) is 4.24.